The van der Waals surface area contributed by atoms with Crippen LogP contribution in [0.15, 0.2) is 66.7 Å². The summed E-state index contributed by atoms with van der Waals surface area (Å²) in [4.78, 5) is 25.0. The van der Waals surface area contributed by atoms with Gasteiger partial charge >= 0.3 is 0 Å². The van der Waals surface area contributed by atoms with Gasteiger partial charge in [-0.2, -0.15) is 0 Å². The van der Waals surface area contributed by atoms with E-state index in [2.05, 4.69) is 10.6 Å². The molecule has 7 heteroatoms. The molecule has 7 nitrogen and oxygen atoms in total. The van der Waals surface area contributed by atoms with Gasteiger partial charge in [0, 0.05) is 17.7 Å². The molecule has 0 saturated carbocycles. The highest BCUT2D eigenvalue weighted by Gasteiger charge is 2.12. The van der Waals surface area contributed by atoms with Gasteiger partial charge in [0.25, 0.3) is 5.91 Å². The summed E-state index contributed by atoms with van der Waals surface area (Å²) in [5.41, 5.74) is 2.54. The number of aryl methyl sites for hydroxylation is 1. The number of amides is 2. The Labute approximate surface area is 187 Å². The molecule has 0 aromatic heterocycles. The first-order chi connectivity index (χ1) is 15.5. The average molecular weight is 434 g/mol. The molecule has 0 aliphatic heterocycles. The monoisotopic (exact) mass is 434 g/mol. The Morgan fingerprint density at radius 1 is 0.750 bits per heavy atom. The molecule has 3 aromatic carbocycles. The van der Waals surface area contributed by atoms with Crippen LogP contribution in [-0.2, 0) is 11.2 Å². The van der Waals surface area contributed by atoms with E-state index in [0.29, 0.717) is 41.3 Å². The van der Waals surface area contributed by atoms with Crippen molar-refractivity contribution >= 4 is 23.2 Å². The zero-order valence-electron chi connectivity index (χ0n) is 18.3. The van der Waals surface area contributed by atoms with Crippen molar-refractivity contribution in [1.82, 2.24) is 0 Å². The number of carbonyl (C=O) groups excluding carboxylic acids is 2. The zero-order chi connectivity index (χ0) is 22.9. The molecule has 3 aromatic rings. The second kappa shape index (κ2) is 10.9. The first-order valence-corrected chi connectivity index (χ1v) is 10.1. The van der Waals surface area contributed by atoms with E-state index in [1.807, 2.05) is 24.3 Å². The summed E-state index contributed by atoms with van der Waals surface area (Å²) >= 11 is 0. The molecule has 0 saturated heterocycles. The molecule has 0 spiro atoms. The molecule has 0 bridgehead atoms. The topological polar surface area (TPSA) is 85.9 Å². The lowest BCUT2D eigenvalue weighted by Crippen LogP contribution is -2.15. The maximum absolute atomic E-state index is 12.6. The SMILES string of the molecule is COc1ccc(CCC(=O)Nc2ccc(OC)c(NC(=O)c3ccc(OC)cc3)c2)cc1. The number of anilines is 2. The normalized spacial score (nSPS) is 10.2. The van der Waals surface area contributed by atoms with Gasteiger partial charge in [-0.3, -0.25) is 9.59 Å². The third-order valence-corrected chi connectivity index (χ3v) is 4.88. The first kappa shape index (κ1) is 22.7. The van der Waals surface area contributed by atoms with E-state index >= 15 is 0 Å². The van der Waals surface area contributed by atoms with Gasteiger partial charge in [-0.25, -0.2) is 0 Å². The Kier molecular flexibility index (Phi) is 7.70. The molecule has 0 unspecified atom stereocenters. The number of methoxy groups -OCH3 is 3. The summed E-state index contributed by atoms with van der Waals surface area (Å²) in [5.74, 6) is 1.51. The van der Waals surface area contributed by atoms with E-state index in [1.165, 1.54) is 7.11 Å². The molecule has 0 aliphatic carbocycles. The van der Waals surface area contributed by atoms with Crippen LogP contribution in [0.1, 0.15) is 22.3 Å². The Balaban J connectivity index is 1.63. The lowest BCUT2D eigenvalue weighted by Gasteiger charge is -2.13. The van der Waals surface area contributed by atoms with E-state index in [0.717, 1.165) is 11.3 Å². The smallest absolute Gasteiger partial charge is 0.255 e. The fraction of sp³-hybridized carbons (Fsp3) is 0.200. The Bertz CT molecular complexity index is 1060. The molecular formula is C25H26N2O5. The predicted molar refractivity (Wildman–Crippen MR) is 124 cm³/mol. The van der Waals surface area contributed by atoms with Crippen molar-refractivity contribution in [2.75, 3.05) is 32.0 Å². The Morgan fingerprint density at radius 2 is 1.38 bits per heavy atom. The van der Waals surface area contributed by atoms with Crippen LogP contribution in [0.2, 0.25) is 0 Å². The van der Waals surface area contributed by atoms with Crippen LogP contribution in [-0.4, -0.2) is 33.1 Å². The summed E-state index contributed by atoms with van der Waals surface area (Å²) in [6, 6.07) is 19.5. The minimum Gasteiger partial charge on any atom is -0.497 e. The van der Waals surface area contributed by atoms with E-state index in [1.54, 1.807) is 56.7 Å². The van der Waals surface area contributed by atoms with Crippen LogP contribution in [0.4, 0.5) is 11.4 Å². The molecule has 166 valence electrons. The number of hydrogen-bond acceptors (Lipinski definition) is 5. The van der Waals surface area contributed by atoms with Crippen molar-refractivity contribution in [3.05, 3.63) is 77.9 Å². The van der Waals surface area contributed by atoms with Crippen molar-refractivity contribution in [1.29, 1.82) is 0 Å². The highest BCUT2D eigenvalue weighted by Crippen LogP contribution is 2.28. The van der Waals surface area contributed by atoms with Crippen molar-refractivity contribution in [3.63, 3.8) is 0 Å². The molecule has 3 rings (SSSR count). The van der Waals surface area contributed by atoms with Crippen LogP contribution in [0.3, 0.4) is 0 Å². The van der Waals surface area contributed by atoms with E-state index in [4.69, 9.17) is 14.2 Å². The minimum atomic E-state index is -0.297. The number of ether oxygens (including phenoxy) is 3. The highest BCUT2D eigenvalue weighted by atomic mass is 16.5. The molecule has 0 atom stereocenters. The van der Waals surface area contributed by atoms with Crippen molar-refractivity contribution in [2.24, 2.45) is 0 Å². The van der Waals surface area contributed by atoms with Gasteiger partial charge in [-0.05, 0) is 66.6 Å². The quantitative estimate of drug-likeness (QED) is 0.517. The molecule has 0 aliphatic rings. The minimum absolute atomic E-state index is 0.126. The third kappa shape index (κ3) is 6.01. The molecule has 2 amide bonds. The summed E-state index contributed by atoms with van der Waals surface area (Å²) in [6.07, 6.45) is 0.930. The summed E-state index contributed by atoms with van der Waals surface area (Å²) < 4.78 is 15.6. The van der Waals surface area contributed by atoms with Crippen LogP contribution < -0.4 is 24.8 Å². The fourth-order valence-electron chi connectivity index (χ4n) is 3.09. The maximum atomic E-state index is 12.6. The van der Waals surface area contributed by atoms with Crippen molar-refractivity contribution < 1.29 is 23.8 Å². The molecule has 0 heterocycles. The Hall–Kier alpha value is -4.00. The lowest BCUT2D eigenvalue weighted by atomic mass is 10.1. The summed E-state index contributed by atoms with van der Waals surface area (Å²) in [6.45, 7) is 0. The van der Waals surface area contributed by atoms with Crippen LogP contribution in [0.5, 0.6) is 17.2 Å². The molecule has 32 heavy (non-hydrogen) atoms. The molecule has 2 N–H and O–H groups in total. The van der Waals surface area contributed by atoms with Gasteiger partial charge in [-0.15, -0.1) is 0 Å². The summed E-state index contributed by atoms with van der Waals surface area (Å²) in [7, 11) is 4.70. The van der Waals surface area contributed by atoms with Gasteiger partial charge in [-0.1, -0.05) is 12.1 Å². The van der Waals surface area contributed by atoms with Gasteiger partial charge in [0.2, 0.25) is 5.91 Å². The molecule has 0 fully saturated rings. The molecular weight excluding hydrogens is 408 g/mol. The standard InChI is InChI=1S/C25H26N2O5/c1-30-20-10-4-17(5-11-20)6-15-24(28)26-19-9-14-23(32-3)22(16-19)27-25(29)18-7-12-21(31-2)13-8-18/h4-5,7-14,16H,6,15H2,1-3H3,(H,26,28)(H,27,29). The number of benzene rings is 3. The fourth-order valence-corrected chi connectivity index (χ4v) is 3.09. The van der Waals surface area contributed by atoms with Gasteiger partial charge in [0.1, 0.15) is 17.2 Å². The van der Waals surface area contributed by atoms with Crippen LogP contribution >= 0.6 is 0 Å². The first-order valence-electron chi connectivity index (χ1n) is 10.1. The lowest BCUT2D eigenvalue weighted by molar-refractivity contribution is -0.116. The summed E-state index contributed by atoms with van der Waals surface area (Å²) in [5, 5.41) is 5.70. The highest BCUT2D eigenvalue weighted by molar-refractivity contribution is 6.05. The van der Waals surface area contributed by atoms with Gasteiger partial charge in [0.05, 0.1) is 27.0 Å². The number of carbonyl (C=O) groups is 2. The average Bonchev–Trinajstić information content (AvgIpc) is 2.83. The van der Waals surface area contributed by atoms with E-state index in [-0.39, 0.29) is 11.8 Å². The van der Waals surface area contributed by atoms with Crippen LogP contribution in [0, 0.1) is 0 Å². The third-order valence-electron chi connectivity index (χ3n) is 4.88. The molecule has 0 radical (unpaired) electrons. The maximum Gasteiger partial charge on any atom is 0.255 e. The number of nitrogens with one attached hydrogen (secondary N) is 2. The largest absolute Gasteiger partial charge is 0.497 e. The predicted octanol–water partition coefficient (Wildman–Crippen LogP) is 4.54. The number of rotatable bonds is 9. The second-order valence-corrected chi connectivity index (χ2v) is 6.99. The van der Waals surface area contributed by atoms with Gasteiger partial charge in [0.15, 0.2) is 0 Å². The second-order valence-electron chi connectivity index (χ2n) is 6.99. The Morgan fingerprint density at radius 3 is 1.97 bits per heavy atom. The van der Waals surface area contributed by atoms with Gasteiger partial charge < -0.3 is 24.8 Å². The van der Waals surface area contributed by atoms with E-state index in [9.17, 15) is 9.59 Å². The van der Waals surface area contributed by atoms with Crippen molar-refractivity contribution in [2.45, 2.75) is 12.8 Å². The zero-order valence-corrected chi connectivity index (χ0v) is 18.3. The number of hydrogen-bond donors (Lipinski definition) is 2. The van der Waals surface area contributed by atoms with Crippen LogP contribution in [0.25, 0.3) is 0 Å². The van der Waals surface area contributed by atoms with Crippen molar-refractivity contribution in [3.8, 4) is 17.2 Å². The van der Waals surface area contributed by atoms with E-state index < -0.39 is 0 Å².